The molecule has 7 heteroatoms. The Hall–Kier alpha value is -3.63. The van der Waals surface area contributed by atoms with E-state index in [-0.39, 0.29) is 5.91 Å². The van der Waals surface area contributed by atoms with Crippen molar-refractivity contribution in [2.24, 2.45) is 0 Å². The minimum absolute atomic E-state index is 0.256. The Morgan fingerprint density at radius 2 is 2.00 bits per heavy atom. The summed E-state index contributed by atoms with van der Waals surface area (Å²) in [5.74, 6) is 0.244. The standard InChI is InChI=1S/C21H16N4O2S/c1-13-16-11-19(28-21(16)25(24-13)15-6-4-3-5-7-15)20(26)23-17-10-14(12-22)8-9-18(17)27-2/h3-11H,1-2H3,(H,23,26). The molecule has 0 unspecified atom stereocenters. The second-order valence-corrected chi connectivity index (χ2v) is 7.17. The van der Waals surface area contributed by atoms with Gasteiger partial charge >= 0.3 is 0 Å². The molecule has 0 saturated heterocycles. The molecule has 0 saturated carbocycles. The maximum atomic E-state index is 12.8. The normalized spacial score (nSPS) is 10.6. The number of hydrogen-bond acceptors (Lipinski definition) is 5. The van der Waals surface area contributed by atoms with E-state index >= 15 is 0 Å². The quantitative estimate of drug-likeness (QED) is 0.557. The fourth-order valence-corrected chi connectivity index (χ4v) is 4.04. The Balaban J connectivity index is 1.71. The topological polar surface area (TPSA) is 79.9 Å². The number of aromatic nitrogens is 2. The number of rotatable bonds is 4. The number of carbonyl (C=O) groups excluding carboxylic acids is 1. The highest BCUT2D eigenvalue weighted by Crippen LogP contribution is 2.32. The van der Waals surface area contributed by atoms with Crippen molar-refractivity contribution in [2.45, 2.75) is 6.92 Å². The number of methoxy groups -OCH3 is 1. The Morgan fingerprint density at radius 3 is 2.71 bits per heavy atom. The molecule has 2 aromatic carbocycles. The molecule has 2 heterocycles. The van der Waals surface area contributed by atoms with Crippen molar-refractivity contribution in [3.8, 4) is 17.5 Å². The molecule has 0 radical (unpaired) electrons. The van der Waals surface area contributed by atoms with Crippen molar-refractivity contribution >= 4 is 33.1 Å². The van der Waals surface area contributed by atoms with Crippen molar-refractivity contribution in [3.05, 3.63) is 70.7 Å². The van der Waals surface area contributed by atoms with E-state index in [0.717, 1.165) is 21.6 Å². The van der Waals surface area contributed by atoms with Crippen molar-refractivity contribution in [2.75, 3.05) is 12.4 Å². The van der Waals surface area contributed by atoms with E-state index < -0.39 is 0 Å². The third-order valence-electron chi connectivity index (χ3n) is 4.35. The van der Waals surface area contributed by atoms with Gasteiger partial charge in [0.25, 0.3) is 5.91 Å². The molecule has 138 valence electrons. The lowest BCUT2D eigenvalue weighted by molar-refractivity contribution is 0.103. The smallest absolute Gasteiger partial charge is 0.265 e. The minimum atomic E-state index is -0.256. The molecule has 0 bridgehead atoms. The summed E-state index contributed by atoms with van der Waals surface area (Å²) in [6, 6.07) is 18.6. The molecule has 1 amide bonds. The number of para-hydroxylation sites is 1. The Bertz CT molecular complexity index is 1220. The first-order valence-electron chi connectivity index (χ1n) is 8.55. The zero-order chi connectivity index (χ0) is 19.7. The van der Waals surface area contributed by atoms with E-state index in [4.69, 9.17) is 10.00 Å². The van der Waals surface area contributed by atoms with Gasteiger partial charge in [0.2, 0.25) is 0 Å². The number of carbonyl (C=O) groups is 1. The fraction of sp³-hybridized carbons (Fsp3) is 0.0952. The maximum absolute atomic E-state index is 12.8. The summed E-state index contributed by atoms with van der Waals surface area (Å²) in [4.78, 5) is 14.3. The number of ether oxygens (including phenoxy) is 1. The van der Waals surface area contributed by atoms with Crippen LogP contribution in [0.5, 0.6) is 5.75 Å². The van der Waals surface area contributed by atoms with E-state index in [1.807, 2.05) is 48.0 Å². The van der Waals surface area contributed by atoms with Crippen LogP contribution in [0.2, 0.25) is 0 Å². The largest absolute Gasteiger partial charge is 0.495 e. The summed E-state index contributed by atoms with van der Waals surface area (Å²) in [7, 11) is 1.52. The van der Waals surface area contributed by atoms with Crippen LogP contribution in [0.4, 0.5) is 5.69 Å². The van der Waals surface area contributed by atoms with E-state index in [9.17, 15) is 4.79 Å². The molecule has 4 rings (SSSR count). The zero-order valence-electron chi connectivity index (χ0n) is 15.3. The monoisotopic (exact) mass is 388 g/mol. The molecule has 0 spiro atoms. The van der Waals surface area contributed by atoms with Gasteiger partial charge in [-0.15, -0.1) is 11.3 Å². The van der Waals surface area contributed by atoms with E-state index in [1.54, 1.807) is 18.2 Å². The summed E-state index contributed by atoms with van der Waals surface area (Å²) in [6.45, 7) is 1.93. The number of fused-ring (bicyclic) bond motifs is 1. The molecule has 1 N–H and O–H groups in total. The van der Waals surface area contributed by atoms with Crippen LogP contribution in [0.3, 0.4) is 0 Å². The number of nitrogens with one attached hydrogen (secondary N) is 1. The summed E-state index contributed by atoms with van der Waals surface area (Å²) in [5, 5.41) is 17.5. The number of aryl methyl sites for hydroxylation is 1. The Kier molecular flexibility index (Phi) is 4.55. The second-order valence-electron chi connectivity index (χ2n) is 6.14. The van der Waals surface area contributed by atoms with E-state index in [1.165, 1.54) is 18.4 Å². The summed E-state index contributed by atoms with van der Waals surface area (Å²) >= 11 is 1.37. The number of benzene rings is 2. The molecule has 0 atom stereocenters. The highest BCUT2D eigenvalue weighted by Gasteiger charge is 2.18. The minimum Gasteiger partial charge on any atom is -0.495 e. The third-order valence-corrected chi connectivity index (χ3v) is 5.46. The van der Waals surface area contributed by atoms with Crippen LogP contribution in [-0.2, 0) is 0 Å². The van der Waals surface area contributed by atoms with Gasteiger partial charge in [-0.25, -0.2) is 4.68 Å². The average Bonchev–Trinajstić information content (AvgIpc) is 3.29. The lowest BCUT2D eigenvalue weighted by atomic mass is 10.2. The maximum Gasteiger partial charge on any atom is 0.265 e. The average molecular weight is 388 g/mol. The van der Waals surface area contributed by atoms with Crippen molar-refractivity contribution < 1.29 is 9.53 Å². The van der Waals surface area contributed by atoms with Crippen molar-refractivity contribution in [1.82, 2.24) is 9.78 Å². The number of amides is 1. The van der Waals surface area contributed by atoms with Gasteiger partial charge in [0, 0.05) is 5.39 Å². The Morgan fingerprint density at radius 1 is 1.21 bits per heavy atom. The van der Waals surface area contributed by atoms with Crippen LogP contribution in [0.15, 0.2) is 54.6 Å². The zero-order valence-corrected chi connectivity index (χ0v) is 16.1. The number of thiophene rings is 1. The molecule has 0 aliphatic rings. The van der Waals surface area contributed by atoms with Gasteiger partial charge in [-0.2, -0.15) is 10.4 Å². The van der Waals surface area contributed by atoms with Crippen molar-refractivity contribution in [3.63, 3.8) is 0 Å². The van der Waals surface area contributed by atoms with Gasteiger partial charge in [0.1, 0.15) is 10.6 Å². The van der Waals surface area contributed by atoms with Crippen molar-refractivity contribution in [1.29, 1.82) is 5.26 Å². The molecule has 2 aromatic heterocycles. The van der Waals surface area contributed by atoms with Crippen LogP contribution in [-0.4, -0.2) is 22.8 Å². The highest BCUT2D eigenvalue weighted by atomic mass is 32.1. The molecule has 0 aliphatic carbocycles. The summed E-state index contributed by atoms with van der Waals surface area (Å²) in [6.07, 6.45) is 0. The Labute approximate surface area is 165 Å². The van der Waals surface area contributed by atoms with Crippen LogP contribution >= 0.6 is 11.3 Å². The molecule has 0 fully saturated rings. The van der Waals surface area contributed by atoms with Gasteiger partial charge in [-0.3, -0.25) is 4.79 Å². The molecular formula is C21H16N4O2S. The van der Waals surface area contributed by atoms with Gasteiger partial charge in [0.05, 0.1) is 40.7 Å². The number of anilines is 1. The summed E-state index contributed by atoms with van der Waals surface area (Å²) < 4.78 is 7.14. The number of nitriles is 1. The predicted molar refractivity (Wildman–Crippen MR) is 109 cm³/mol. The molecule has 0 aliphatic heterocycles. The van der Waals surface area contributed by atoms with Crippen LogP contribution in [0, 0.1) is 18.3 Å². The fourth-order valence-electron chi connectivity index (χ4n) is 2.96. The first-order chi connectivity index (χ1) is 13.6. The highest BCUT2D eigenvalue weighted by molar-refractivity contribution is 7.20. The van der Waals surface area contributed by atoms with Crippen LogP contribution in [0.1, 0.15) is 20.9 Å². The molecule has 28 heavy (non-hydrogen) atoms. The lowest BCUT2D eigenvalue weighted by Crippen LogP contribution is -2.11. The predicted octanol–water partition coefficient (Wildman–Crippen LogP) is 4.53. The lowest BCUT2D eigenvalue weighted by Gasteiger charge is -2.09. The van der Waals surface area contributed by atoms with Gasteiger partial charge in [-0.05, 0) is 43.3 Å². The van der Waals surface area contributed by atoms with Crippen LogP contribution in [0.25, 0.3) is 15.9 Å². The third kappa shape index (κ3) is 3.10. The second kappa shape index (κ2) is 7.18. The summed E-state index contributed by atoms with van der Waals surface area (Å²) in [5.41, 5.74) is 2.71. The number of nitrogens with zero attached hydrogens (tertiary/aromatic N) is 3. The van der Waals surface area contributed by atoms with E-state index in [0.29, 0.717) is 21.9 Å². The molecule has 6 nitrogen and oxygen atoms in total. The molecule has 4 aromatic rings. The van der Waals surface area contributed by atoms with Crippen LogP contribution < -0.4 is 10.1 Å². The van der Waals surface area contributed by atoms with Gasteiger partial charge in [-0.1, -0.05) is 18.2 Å². The number of hydrogen-bond donors (Lipinski definition) is 1. The first-order valence-corrected chi connectivity index (χ1v) is 9.36. The van der Waals surface area contributed by atoms with Gasteiger partial charge < -0.3 is 10.1 Å². The molecular weight excluding hydrogens is 372 g/mol. The van der Waals surface area contributed by atoms with Gasteiger partial charge in [0.15, 0.2) is 0 Å². The van der Waals surface area contributed by atoms with E-state index in [2.05, 4.69) is 16.5 Å². The SMILES string of the molecule is COc1ccc(C#N)cc1NC(=O)c1cc2c(C)nn(-c3ccccc3)c2s1. The first kappa shape index (κ1) is 17.8.